The molecule has 6 nitrogen and oxygen atoms in total. The second-order valence-corrected chi connectivity index (χ2v) is 10.5. The normalized spacial score (nSPS) is 13.5. The Balaban J connectivity index is 2.93. The van der Waals surface area contributed by atoms with Crippen molar-refractivity contribution in [3.63, 3.8) is 0 Å². The van der Waals surface area contributed by atoms with Crippen LogP contribution in [0.3, 0.4) is 0 Å². The number of ketones is 4. The molecule has 0 radical (unpaired) electrons. The Hall–Kier alpha value is -3.54. The second-order valence-electron chi connectivity index (χ2n) is 10.5. The fourth-order valence-corrected chi connectivity index (χ4v) is 4.95. The minimum Gasteiger partial charge on any atom is -0.299 e. The van der Waals surface area contributed by atoms with Crippen LogP contribution in [0.1, 0.15) is 84.3 Å². The summed E-state index contributed by atoms with van der Waals surface area (Å²) in [6, 6.07) is 7.09. The third-order valence-electron chi connectivity index (χ3n) is 7.08. The largest absolute Gasteiger partial charge is 0.299 e. The van der Waals surface area contributed by atoms with Crippen LogP contribution in [0.25, 0.3) is 0 Å². The fraction of sp³-hybridized carbons (Fsp3) is 0.438. The summed E-state index contributed by atoms with van der Waals surface area (Å²) in [5.74, 6) is -3.06. The molecule has 0 aromatic heterocycles. The van der Waals surface area contributed by atoms with Crippen LogP contribution in [0.15, 0.2) is 34.3 Å². The van der Waals surface area contributed by atoms with Gasteiger partial charge in [-0.25, -0.2) is 0 Å². The molecule has 0 heterocycles. The average Bonchev–Trinajstić information content (AvgIpc) is 2.77. The first-order valence-electron chi connectivity index (χ1n) is 12.9. The summed E-state index contributed by atoms with van der Waals surface area (Å²) >= 11 is 0. The quantitative estimate of drug-likeness (QED) is 0.268. The van der Waals surface area contributed by atoms with Gasteiger partial charge >= 0.3 is 0 Å². The zero-order valence-corrected chi connectivity index (χ0v) is 24.3. The second kappa shape index (κ2) is 12.8. The topological polar surface area (TPSA) is 93.0 Å². The van der Waals surface area contributed by atoms with E-state index < -0.39 is 23.9 Å². The van der Waals surface area contributed by atoms with E-state index in [1.165, 1.54) is 40.1 Å². The summed E-state index contributed by atoms with van der Waals surface area (Å²) in [6.07, 6.45) is 2.86. The van der Waals surface area contributed by atoms with Crippen molar-refractivity contribution in [2.45, 2.75) is 81.3 Å². The molecule has 0 aliphatic heterocycles. The highest BCUT2D eigenvalue weighted by Crippen LogP contribution is 2.41. The lowest BCUT2D eigenvalue weighted by atomic mass is 9.85. The van der Waals surface area contributed by atoms with Gasteiger partial charge in [0, 0.05) is 12.4 Å². The summed E-state index contributed by atoms with van der Waals surface area (Å²) in [4.78, 5) is 58.7. The van der Waals surface area contributed by atoms with Crippen molar-refractivity contribution in [1.82, 2.24) is 0 Å². The third-order valence-corrected chi connectivity index (χ3v) is 7.08. The SMILES string of the molecule is CC(=O)C(C=NC(c1cc(C)c(C)cc1C)C(N=CC(C(C)=O)C(C)=O)c1c(C)cc(C)cc1C)C(C)=O. The van der Waals surface area contributed by atoms with Crippen LogP contribution in [0.2, 0.25) is 0 Å². The predicted octanol–water partition coefficient (Wildman–Crippen LogP) is 6.05. The summed E-state index contributed by atoms with van der Waals surface area (Å²) < 4.78 is 0. The number of rotatable bonds is 11. The zero-order valence-electron chi connectivity index (χ0n) is 24.3. The first kappa shape index (κ1) is 30.7. The molecular formula is C32H40N2O4. The maximum absolute atomic E-state index is 12.2. The Labute approximate surface area is 226 Å². The molecule has 0 N–H and O–H groups in total. The molecule has 2 aromatic carbocycles. The molecule has 2 unspecified atom stereocenters. The van der Waals surface area contributed by atoms with Gasteiger partial charge in [-0.1, -0.05) is 29.8 Å². The maximum Gasteiger partial charge on any atom is 0.145 e. The van der Waals surface area contributed by atoms with Crippen LogP contribution in [0.5, 0.6) is 0 Å². The van der Waals surface area contributed by atoms with Crippen molar-refractivity contribution < 1.29 is 19.2 Å². The molecule has 0 spiro atoms. The number of aliphatic imine (C=N–C) groups is 2. The van der Waals surface area contributed by atoms with E-state index in [2.05, 4.69) is 24.3 Å². The standard InChI is InChI=1S/C32H40N2O4/c1-17-11-21(5)30(22(6)12-17)32(34-16-29(25(9)37)26(10)38)31(33-15-28(23(7)35)24(8)36)27-14-19(3)18(2)13-20(27)4/h11-16,28-29,31-32H,1-10H3. The van der Waals surface area contributed by atoms with Crippen LogP contribution in [0, 0.1) is 53.4 Å². The van der Waals surface area contributed by atoms with E-state index in [-0.39, 0.29) is 23.1 Å². The maximum atomic E-state index is 12.2. The zero-order chi connectivity index (χ0) is 28.9. The number of carbonyl (C=O) groups is 4. The summed E-state index contributed by atoms with van der Waals surface area (Å²) in [5.41, 5.74) is 8.15. The van der Waals surface area contributed by atoms with E-state index in [9.17, 15) is 19.2 Å². The molecule has 6 heteroatoms. The molecule has 0 fully saturated rings. The van der Waals surface area contributed by atoms with E-state index >= 15 is 0 Å². The van der Waals surface area contributed by atoms with Crippen molar-refractivity contribution in [3.8, 4) is 0 Å². The van der Waals surface area contributed by atoms with E-state index in [0.29, 0.717) is 0 Å². The number of aryl methyl sites for hydroxylation is 6. The Bertz CT molecular complexity index is 1270. The number of hydrogen-bond acceptors (Lipinski definition) is 6. The van der Waals surface area contributed by atoms with E-state index in [4.69, 9.17) is 9.98 Å². The monoisotopic (exact) mass is 516 g/mol. The van der Waals surface area contributed by atoms with Crippen molar-refractivity contribution in [3.05, 3.63) is 68.8 Å². The van der Waals surface area contributed by atoms with Gasteiger partial charge < -0.3 is 0 Å². The lowest BCUT2D eigenvalue weighted by molar-refractivity contribution is -0.129. The molecule has 2 aromatic rings. The highest BCUT2D eigenvalue weighted by atomic mass is 16.2. The molecular weight excluding hydrogens is 476 g/mol. The van der Waals surface area contributed by atoms with Gasteiger partial charge in [0.25, 0.3) is 0 Å². The molecule has 0 saturated carbocycles. The molecule has 38 heavy (non-hydrogen) atoms. The van der Waals surface area contributed by atoms with Gasteiger partial charge in [-0.2, -0.15) is 0 Å². The van der Waals surface area contributed by atoms with Gasteiger partial charge in [0.15, 0.2) is 0 Å². The highest BCUT2D eigenvalue weighted by Gasteiger charge is 2.30. The fourth-order valence-electron chi connectivity index (χ4n) is 4.95. The van der Waals surface area contributed by atoms with Gasteiger partial charge in [0.05, 0.1) is 0 Å². The van der Waals surface area contributed by atoms with Crippen LogP contribution in [-0.4, -0.2) is 35.6 Å². The highest BCUT2D eigenvalue weighted by molar-refractivity contribution is 6.13. The minimum atomic E-state index is -0.962. The lowest BCUT2D eigenvalue weighted by Gasteiger charge is -2.27. The molecule has 2 rings (SSSR count). The van der Waals surface area contributed by atoms with Crippen LogP contribution in [-0.2, 0) is 19.2 Å². The number of Topliss-reactive ketones (excluding diaryl/α,β-unsaturated/α-hetero) is 4. The Morgan fingerprint density at radius 1 is 0.553 bits per heavy atom. The molecule has 2 atom stereocenters. The smallest absolute Gasteiger partial charge is 0.145 e. The van der Waals surface area contributed by atoms with E-state index in [1.54, 1.807) is 0 Å². The summed E-state index contributed by atoms with van der Waals surface area (Å²) in [7, 11) is 0. The Kier molecular flexibility index (Phi) is 10.3. The summed E-state index contributed by atoms with van der Waals surface area (Å²) in [6.45, 7) is 17.6. The van der Waals surface area contributed by atoms with Crippen molar-refractivity contribution >= 4 is 35.6 Å². The van der Waals surface area contributed by atoms with Gasteiger partial charge in [0.2, 0.25) is 0 Å². The van der Waals surface area contributed by atoms with Crippen LogP contribution in [0.4, 0.5) is 0 Å². The van der Waals surface area contributed by atoms with Crippen molar-refractivity contribution in [2.24, 2.45) is 21.8 Å². The van der Waals surface area contributed by atoms with Gasteiger partial charge in [-0.05, 0) is 108 Å². The molecule has 0 aliphatic carbocycles. The molecule has 202 valence electrons. The lowest BCUT2D eigenvalue weighted by Crippen LogP contribution is -2.23. The molecule has 0 bridgehead atoms. The first-order valence-corrected chi connectivity index (χ1v) is 12.9. The van der Waals surface area contributed by atoms with Crippen molar-refractivity contribution in [2.75, 3.05) is 0 Å². The Morgan fingerprint density at radius 2 is 0.947 bits per heavy atom. The first-order chi connectivity index (χ1) is 17.6. The minimum absolute atomic E-state index is 0.284. The Morgan fingerprint density at radius 3 is 1.37 bits per heavy atom. The van der Waals surface area contributed by atoms with Gasteiger partial charge in [-0.15, -0.1) is 0 Å². The number of benzene rings is 2. The summed E-state index contributed by atoms with van der Waals surface area (Å²) in [5, 5.41) is 0. The number of nitrogens with zero attached hydrogens (tertiary/aromatic N) is 2. The van der Waals surface area contributed by atoms with E-state index in [1.807, 2.05) is 41.5 Å². The van der Waals surface area contributed by atoms with Crippen LogP contribution < -0.4 is 0 Å². The van der Waals surface area contributed by atoms with E-state index in [0.717, 1.165) is 44.5 Å². The predicted molar refractivity (Wildman–Crippen MR) is 153 cm³/mol. The number of carbonyl (C=O) groups excluding carboxylic acids is 4. The van der Waals surface area contributed by atoms with Crippen LogP contribution >= 0.6 is 0 Å². The molecule has 0 amide bonds. The molecule has 0 aliphatic rings. The van der Waals surface area contributed by atoms with Gasteiger partial charge in [-0.3, -0.25) is 29.2 Å². The third kappa shape index (κ3) is 7.27. The number of hydrogen-bond donors (Lipinski definition) is 0. The molecule has 0 saturated heterocycles. The average molecular weight is 517 g/mol. The van der Waals surface area contributed by atoms with Gasteiger partial charge in [0.1, 0.15) is 47.1 Å². The van der Waals surface area contributed by atoms with Crippen molar-refractivity contribution in [1.29, 1.82) is 0 Å².